The number of phenols is 2. The maximum atomic E-state index is 12.0. The Morgan fingerprint density at radius 1 is 0.929 bits per heavy atom. The number of hydrogen-bond donors (Lipinski definition) is 3. The highest BCUT2D eigenvalue weighted by Crippen LogP contribution is 2.44. The van der Waals surface area contributed by atoms with Crippen molar-refractivity contribution >= 4 is 27.5 Å². The zero-order valence-electron chi connectivity index (χ0n) is 14.6. The largest absolute Gasteiger partial charge is 0.507 e. The van der Waals surface area contributed by atoms with E-state index < -0.39 is 5.97 Å². The molecule has 28 heavy (non-hydrogen) atoms. The first kappa shape index (κ1) is 17.7. The SMILES string of the molecule is COC(=O)c1sc2nc(-c3ccccc3O)nc(-c3ccccc3O)c2c1O. The smallest absolute Gasteiger partial charge is 0.351 e. The normalized spacial score (nSPS) is 10.9. The molecule has 0 unspecified atom stereocenters. The highest BCUT2D eigenvalue weighted by Gasteiger charge is 2.25. The second kappa shape index (κ2) is 6.82. The monoisotopic (exact) mass is 394 g/mol. The van der Waals surface area contributed by atoms with E-state index in [1.165, 1.54) is 19.2 Å². The first-order chi connectivity index (χ1) is 13.5. The number of esters is 1. The van der Waals surface area contributed by atoms with Crippen molar-refractivity contribution in [1.82, 2.24) is 9.97 Å². The Kier molecular flexibility index (Phi) is 4.32. The van der Waals surface area contributed by atoms with E-state index in [0.717, 1.165) is 11.3 Å². The van der Waals surface area contributed by atoms with E-state index in [4.69, 9.17) is 4.74 Å². The molecule has 2 aromatic carbocycles. The molecule has 7 nitrogen and oxygen atoms in total. The minimum atomic E-state index is -0.701. The van der Waals surface area contributed by atoms with Crippen molar-refractivity contribution in [2.45, 2.75) is 0 Å². The van der Waals surface area contributed by atoms with Crippen LogP contribution in [-0.2, 0) is 4.74 Å². The highest BCUT2D eigenvalue weighted by molar-refractivity contribution is 7.21. The van der Waals surface area contributed by atoms with Crippen molar-refractivity contribution in [2.24, 2.45) is 0 Å². The molecule has 0 saturated carbocycles. The zero-order valence-corrected chi connectivity index (χ0v) is 15.4. The molecule has 0 fully saturated rings. The van der Waals surface area contributed by atoms with Gasteiger partial charge in [0, 0.05) is 5.56 Å². The maximum absolute atomic E-state index is 12.0. The van der Waals surface area contributed by atoms with Crippen LogP contribution in [0.15, 0.2) is 48.5 Å². The van der Waals surface area contributed by atoms with E-state index in [2.05, 4.69) is 9.97 Å². The van der Waals surface area contributed by atoms with Gasteiger partial charge in [-0.05, 0) is 24.3 Å². The Morgan fingerprint density at radius 3 is 2.14 bits per heavy atom. The van der Waals surface area contributed by atoms with Crippen LogP contribution in [0.1, 0.15) is 9.67 Å². The van der Waals surface area contributed by atoms with Crippen LogP contribution in [0, 0.1) is 0 Å². The summed E-state index contributed by atoms with van der Waals surface area (Å²) in [4.78, 5) is 21.2. The second-order valence-corrected chi connectivity index (χ2v) is 6.88. The first-order valence-corrected chi connectivity index (χ1v) is 9.01. The summed E-state index contributed by atoms with van der Waals surface area (Å²) >= 11 is 0.947. The number of hydrogen-bond acceptors (Lipinski definition) is 8. The summed E-state index contributed by atoms with van der Waals surface area (Å²) in [5.74, 6) is -0.877. The lowest BCUT2D eigenvalue weighted by Crippen LogP contribution is -1.97. The standard InChI is InChI=1S/C20H14N2O5S/c1-27-20(26)17-16(25)14-15(10-6-2-4-8-12(10)23)21-18(22-19(14)28-17)11-7-3-5-9-13(11)24/h2-9,23-25H,1H3. The summed E-state index contributed by atoms with van der Waals surface area (Å²) in [6.07, 6.45) is 0. The topological polar surface area (TPSA) is 113 Å². The van der Waals surface area contributed by atoms with E-state index in [9.17, 15) is 20.1 Å². The third-order valence-corrected chi connectivity index (χ3v) is 5.25. The lowest BCUT2D eigenvalue weighted by Gasteiger charge is -2.09. The molecule has 0 aliphatic heterocycles. The van der Waals surface area contributed by atoms with Crippen molar-refractivity contribution < 1.29 is 24.9 Å². The summed E-state index contributed by atoms with van der Waals surface area (Å²) < 4.78 is 4.72. The third kappa shape index (κ3) is 2.80. The molecule has 2 aromatic heterocycles. The van der Waals surface area contributed by atoms with Gasteiger partial charge in [0.2, 0.25) is 0 Å². The molecule has 8 heteroatoms. The highest BCUT2D eigenvalue weighted by atomic mass is 32.1. The van der Waals surface area contributed by atoms with E-state index in [-0.39, 0.29) is 39.0 Å². The Labute approximate surface area is 163 Å². The number of methoxy groups -OCH3 is 1. The van der Waals surface area contributed by atoms with Gasteiger partial charge in [-0.1, -0.05) is 24.3 Å². The number of phenolic OH excluding ortho intramolecular Hbond substituents is 2. The fourth-order valence-corrected chi connectivity index (χ4v) is 3.86. The summed E-state index contributed by atoms with van der Waals surface area (Å²) in [6.45, 7) is 0. The molecule has 4 aromatic rings. The number of thiophene rings is 1. The van der Waals surface area contributed by atoms with Crippen molar-refractivity contribution in [3.05, 3.63) is 53.4 Å². The van der Waals surface area contributed by atoms with Gasteiger partial charge in [-0.25, -0.2) is 14.8 Å². The molecule has 2 heterocycles. The van der Waals surface area contributed by atoms with Crippen molar-refractivity contribution in [3.63, 3.8) is 0 Å². The predicted octanol–water partition coefficient (Wildman–Crippen LogP) is 3.93. The molecule has 0 bridgehead atoms. The number of carbonyl (C=O) groups is 1. The van der Waals surface area contributed by atoms with Crippen LogP contribution in [0.25, 0.3) is 32.9 Å². The molecule has 0 atom stereocenters. The molecule has 0 amide bonds. The summed E-state index contributed by atoms with van der Waals surface area (Å²) in [7, 11) is 1.22. The van der Waals surface area contributed by atoms with Crippen LogP contribution in [0.4, 0.5) is 0 Å². The summed E-state index contributed by atoms with van der Waals surface area (Å²) in [5.41, 5.74) is 0.981. The fourth-order valence-electron chi connectivity index (χ4n) is 2.87. The third-order valence-electron chi connectivity index (χ3n) is 4.20. The van der Waals surface area contributed by atoms with Gasteiger partial charge in [0.05, 0.1) is 23.8 Å². The average molecular weight is 394 g/mol. The Hall–Kier alpha value is -3.65. The van der Waals surface area contributed by atoms with Gasteiger partial charge in [-0.15, -0.1) is 11.3 Å². The molecular weight excluding hydrogens is 380 g/mol. The fraction of sp³-hybridized carbons (Fsp3) is 0.0500. The number of rotatable bonds is 3. The van der Waals surface area contributed by atoms with Gasteiger partial charge in [0.25, 0.3) is 0 Å². The van der Waals surface area contributed by atoms with E-state index in [1.54, 1.807) is 36.4 Å². The molecule has 0 radical (unpaired) electrons. The number of benzene rings is 2. The van der Waals surface area contributed by atoms with Crippen molar-refractivity contribution in [3.8, 4) is 39.9 Å². The quantitative estimate of drug-likeness (QED) is 0.451. The van der Waals surface area contributed by atoms with Crippen LogP contribution in [0.3, 0.4) is 0 Å². The van der Waals surface area contributed by atoms with E-state index in [0.29, 0.717) is 16.0 Å². The molecule has 140 valence electrons. The Morgan fingerprint density at radius 2 is 1.54 bits per heavy atom. The molecule has 3 N–H and O–H groups in total. The van der Waals surface area contributed by atoms with Crippen LogP contribution >= 0.6 is 11.3 Å². The molecule has 0 aliphatic rings. The van der Waals surface area contributed by atoms with Crippen LogP contribution in [0.5, 0.6) is 17.2 Å². The first-order valence-electron chi connectivity index (χ1n) is 8.19. The Balaban J connectivity index is 2.09. The summed E-state index contributed by atoms with van der Waals surface area (Å²) in [5, 5.41) is 31.4. The number of carbonyl (C=O) groups excluding carboxylic acids is 1. The van der Waals surface area contributed by atoms with Crippen molar-refractivity contribution in [2.75, 3.05) is 7.11 Å². The molecule has 4 rings (SSSR count). The van der Waals surface area contributed by atoms with E-state index >= 15 is 0 Å². The molecule has 0 spiro atoms. The van der Waals surface area contributed by atoms with Gasteiger partial charge >= 0.3 is 5.97 Å². The van der Waals surface area contributed by atoms with Crippen molar-refractivity contribution in [1.29, 1.82) is 0 Å². The van der Waals surface area contributed by atoms with Crippen LogP contribution in [-0.4, -0.2) is 38.4 Å². The average Bonchev–Trinajstić information content (AvgIpc) is 3.04. The van der Waals surface area contributed by atoms with Gasteiger partial charge in [0.15, 0.2) is 16.5 Å². The van der Waals surface area contributed by atoms with Crippen LogP contribution in [0.2, 0.25) is 0 Å². The predicted molar refractivity (Wildman–Crippen MR) is 105 cm³/mol. The van der Waals surface area contributed by atoms with Gasteiger partial charge < -0.3 is 20.1 Å². The summed E-state index contributed by atoms with van der Waals surface area (Å²) in [6, 6.07) is 13.1. The number of aromatic hydroxyl groups is 3. The maximum Gasteiger partial charge on any atom is 0.351 e. The number of nitrogens with zero attached hydrogens (tertiary/aromatic N) is 2. The minimum Gasteiger partial charge on any atom is -0.507 e. The lowest BCUT2D eigenvalue weighted by atomic mass is 10.1. The molecule has 0 saturated heterocycles. The number of fused-ring (bicyclic) bond motifs is 1. The van der Waals surface area contributed by atoms with E-state index in [1.807, 2.05) is 0 Å². The lowest BCUT2D eigenvalue weighted by molar-refractivity contribution is 0.0603. The molecular formula is C20H14N2O5S. The van der Waals surface area contributed by atoms with Crippen LogP contribution < -0.4 is 0 Å². The number of aromatic nitrogens is 2. The van der Waals surface area contributed by atoms with Gasteiger partial charge in [0.1, 0.15) is 16.3 Å². The second-order valence-electron chi connectivity index (χ2n) is 5.88. The minimum absolute atomic E-state index is 0.0148. The van der Waals surface area contributed by atoms with Gasteiger partial charge in [-0.2, -0.15) is 0 Å². The number of ether oxygens (including phenoxy) is 1. The number of para-hydroxylation sites is 2. The molecule has 0 aliphatic carbocycles. The Bertz CT molecular complexity index is 1220. The van der Waals surface area contributed by atoms with Gasteiger partial charge in [-0.3, -0.25) is 0 Å². The zero-order chi connectivity index (χ0) is 19.8.